The highest BCUT2D eigenvalue weighted by atomic mass is 32.1. The van der Waals surface area contributed by atoms with E-state index in [-0.39, 0.29) is 0 Å². The zero-order valence-corrected chi connectivity index (χ0v) is 10.2. The Hall–Kier alpha value is -1.81. The molecule has 2 aromatic rings. The molecule has 88 valence electrons. The maximum absolute atomic E-state index is 10.8. The average molecular weight is 248 g/mol. The molecule has 0 aliphatic rings. The van der Waals surface area contributed by atoms with Crippen molar-refractivity contribution in [1.82, 2.24) is 0 Å². The molecule has 0 spiro atoms. The quantitative estimate of drug-likeness (QED) is 0.900. The van der Waals surface area contributed by atoms with Gasteiger partial charge in [0.25, 0.3) is 0 Å². The molecule has 0 unspecified atom stereocenters. The van der Waals surface area contributed by atoms with Crippen molar-refractivity contribution < 1.29 is 14.6 Å². The van der Waals surface area contributed by atoms with Crippen molar-refractivity contribution in [3.8, 4) is 16.2 Å². The van der Waals surface area contributed by atoms with Crippen molar-refractivity contribution in [2.24, 2.45) is 0 Å². The van der Waals surface area contributed by atoms with E-state index >= 15 is 0 Å². The molecule has 0 amide bonds. The first-order valence-electron chi connectivity index (χ1n) is 5.25. The minimum Gasteiger partial charge on any atom is -0.494 e. The molecule has 0 radical (unpaired) electrons. The van der Waals surface area contributed by atoms with Crippen LogP contribution in [0.2, 0.25) is 0 Å². The summed E-state index contributed by atoms with van der Waals surface area (Å²) in [4.78, 5) is 11.7. The number of thiophene rings is 1. The second-order valence-corrected chi connectivity index (χ2v) is 4.37. The third-order valence-electron chi connectivity index (χ3n) is 2.30. The van der Waals surface area contributed by atoms with Crippen molar-refractivity contribution >= 4 is 17.3 Å². The second-order valence-electron chi connectivity index (χ2n) is 3.46. The van der Waals surface area contributed by atoms with E-state index in [4.69, 9.17) is 9.84 Å². The predicted molar refractivity (Wildman–Crippen MR) is 67.9 cm³/mol. The van der Waals surface area contributed by atoms with Crippen LogP contribution in [0.1, 0.15) is 17.3 Å². The Labute approximate surface area is 103 Å². The van der Waals surface area contributed by atoms with Gasteiger partial charge >= 0.3 is 5.97 Å². The third-order valence-corrected chi connectivity index (χ3v) is 3.28. The summed E-state index contributed by atoms with van der Waals surface area (Å²) in [6.45, 7) is 2.58. The van der Waals surface area contributed by atoms with Gasteiger partial charge in [-0.1, -0.05) is 0 Å². The van der Waals surface area contributed by atoms with Gasteiger partial charge in [0.1, 0.15) is 5.75 Å². The van der Waals surface area contributed by atoms with E-state index in [1.165, 1.54) is 11.3 Å². The molecule has 0 atom stereocenters. The van der Waals surface area contributed by atoms with E-state index in [1.54, 1.807) is 11.4 Å². The van der Waals surface area contributed by atoms with Crippen LogP contribution in [-0.4, -0.2) is 17.7 Å². The number of carboxylic acid groups (broad SMARTS) is 1. The zero-order chi connectivity index (χ0) is 12.3. The molecule has 17 heavy (non-hydrogen) atoms. The van der Waals surface area contributed by atoms with E-state index in [0.29, 0.717) is 12.2 Å². The number of benzene rings is 1. The summed E-state index contributed by atoms with van der Waals surface area (Å²) in [6.07, 6.45) is 0. The lowest BCUT2D eigenvalue weighted by Gasteiger charge is -2.03. The monoisotopic (exact) mass is 248 g/mol. The summed E-state index contributed by atoms with van der Waals surface area (Å²) in [5.41, 5.74) is 1.34. The molecular formula is C13H12O3S. The Morgan fingerprint density at radius 3 is 2.59 bits per heavy atom. The predicted octanol–water partition coefficient (Wildman–Crippen LogP) is 3.51. The van der Waals surface area contributed by atoms with Crippen LogP contribution >= 0.6 is 11.3 Å². The van der Waals surface area contributed by atoms with Gasteiger partial charge in [0, 0.05) is 10.3 Å². The fourth-order valence-corrected chi connectivity index (χ4v) is 2.37. The van der Waals surface area contributed by atoms with Crippen molar-refractivity contribution in [3.05, 3.63) is 41.3 Å². The lowest BCUT2D eigenvalue weighted by Crippen LogP contribution is -1.91. The summed E-state index contributed by atoms with van der Waals surface area (Å²) in [7, 11) is 0. The van der Waals surface area contributed by atoms with Crippen LogP contribution in [0.3, 0.4) is 0 Å². The molecule has 2 rings (SSSR count). The number of hydrogen-bond acceptors (Lipinski definition) is 3. The van der Waals surface area contributed by atoms with Gasteiger partial charge in [-0.3, -0.25) is 0 Å². The van der Waals surface area contributed by atoms with Gasteiger partial charge in [-0.15, -0.1) is 11.3 Å². The SMILES string of the molecule is CCOc1ccc(-c2cc(C(=O)O)cs2)cc1. The van der Waals surface area contributed by atoms with E-state index in [0.717, 1.165) is 16.2 Å². The Bertz CT molecular complexity index is 514. The average Bonchev–Trinajstić information content (AvgIpc) is 2.80. The highest BCUT2D eigenvalue weighted by Gasteiger charge is 2.07. The van der Waals surface area contributed by atoms with Crippen LogP contribution in [0, 0.1) is 0 Å². The number of aromatic carboxylic acids is 1. The molecule has 1 heterocycles. The topological polar surface area (TPSA) is 46.5 Å². The highest BCUT2D eigenvalue weighted by molar-refractivity contribution is 7.13. The third kappa shape index (κ3) is 2.65. The van der Waals surface area contributed by atoms with Gasteiger partial charge in [0.2, 0.25) is 0 Å². The molecule has 1 N–H and O–H groups in total. The number of ether oxygens (including phenoxy) is 1. The summed E-state index contributed by atoms with van der Waals surface area (Å²) in [6, 6.07) is 9.32. The first-order valence-corrected chi connectivity index (χ1v) is 6.13. The van der Waals surface area contributed by atoms with E-state index in [9.17, 15) is 4.79 Å². The van der Waals surface area contributed by atoms with Gasteiger partial charge in [0.05, 0.1) is 12.2 Å². The largest absolute Gasteiger partial charge is 0.494 e. The molecule has 0 bridgehead atoms. The molecule has 0 saturated carbocycles. The van der Waals surface area contributed by atoms with Gasteiger partial charge in [-0.25, -0.2) is 4.79 Å². The normalized spacial score (nSPS) is 10.2. The highest BCUT2D eigenvalue weighted by Crippen LogP contribution is 2.28. The molecule has 0 aliphatic heterocycles. The minimum absolute atomic E-state index is 0.332. The number of hydrogen-bond donors (Lipinski definition) is 1. The van der Waals surface area contributed by atoms with Gasteiger partial charge in [-0.05, 0) is 42.8 Å². The van der Waals surface area contributed by atoms with Crippen LogP contribution in [0.15, 0.2) is 35.7 Å². The molecule has 4 heteroatoms. The summed E-state index contributed by atoms with van der Waals surface area (Å²) >= 11 is 1.43. The van der Waals surface area contributed by atoms with E-state index in [2.05, 4.69) is 0 Å². The smallest absolute Gasteiger partial charge is 0.336 e. The van der Waals surface area contributed by atoms with Gasteiger partial charge in [0.15, 0.2) is 0 Å². The summed E-state index contributed by atoms with van der Waals surface area (Å²) < 4.78 is 5.35. The van der Waals surface area contributed by atoms with Crippen LogP contribution in [0.25, 0.3) is 10.4 Å². The van der Waals surface area contributed by atoms with E-state index < -0.39 is 5.97 Å². The van der Waals surface area contributed by atoms with Crippen molar-refractivity contribution in [2.45, 2.75) is 6.92 Å². The van der Waals surface area contributed by atoms with Crippen LogP contribution in [0.4, 0.5) is 0 Å². The lowest BCUT2D eigenvalue weighted by atomic mass is 10.1. The van der Waals surface area contributed by atoms with Crippen molar-refractivity contribution in [2.75, 3.05) is 6.61 Å². The van der Waals surface area contributed by atoms with Gasteiger partial charge < -0.3 is 9.84 Å². The van der Waals surface area contributed by atoms with Gasteiger partial charge in [-0.2, -0.15) is 0 Å². The van der Waals surface area contributed by atoms with Crippen LogP contribution in [0.5, 0.6) is 5.75 Å². The molecule has 0 aliphatic carbocycles. The van der Waals surface area contributed by atoms with Crippen molar-refractivity contribution in [1.29, 1.82) is 0 Å². The Balaban J connectivity index is 2.23. The molecule has 0 fully saturated rings. The lowest BCUT2D eigenvalue weighted by molar-refractivity contribution is 0.0697. The fourth-order valence-electron chi connectivity index (χ4n) is 1.48. The first-order chi connectivity index (χ1) is 8.20. The minimum atomic E-state index is -0.890. The zero-order valence-electron chi connectivity index (χ0n) is 9.34. The van der Waals surface area contributed by atoms with Crippen molar-refractivity contribution in [3.63, 3.8) is 0 Å². The molecular weight excluding hydrogens is 236 g/mol. The van der Waals surface area contributed by atoms with E-state index in [1.807, 2.05) is 31.2 Å². The fraction of sp³-hybridized carbons (Fsp3) is 0.154. The Kier molecular flexibility index (Phi) is 3.44. The second kappa shape index (κ2) is 5.01. The molecule has 1 aromatic heterocycles. The molecule has 1 aromatic carbocycles. The van der Waals surface area contributed by atoms with Crippen LogP contribution in [-0.2, 0) is 0 Å². The maximum Gasteiger partial charge on any atom is 0.336 e. The standard InChI is InChI=1S/C13H12O3S/c1-2-16-11-5-3-9(4-6-11)12-7-10(8-17-12)13(14)15/h3-8H,2H2,1H3,(H,14,15). The molecule has 0 saturated heterocycles. The number of rotatable bonds is 4. The summed E-state index contributed by atoms with van der Waals surface area (Å²) in [5, 5.41) is 10.5. The van der Waals surface area contributed by atoms with Crippen LogP contribution < -0.4 is 4.74 Å². The number of carboxylic acids is 1. The Morgan fingerprint density at radius 2 is 2.06 bits per heavy atom. The molecule has 3 nitrogen and oxygen atoms in total. The maximum atomic E-state index is 10.8. The summed E-state index contributed by atoms with van der Waals surface area (Å²) in [5.74, 6) is -0.0651. The Morgan fingerprint density at radius 1 is 1.35 bits per heavy atom. The number of carbonyl (C=O) groups is 1. The first kappa shape index (κ1) is 11.7.